The van der Waals surface area contributed by atoms with E-state index >= 15 is 0 Å². The van der Waals surface area contributed by atoms with Gasteiger partial charge >= 0.3 is 11.8 Å². The van der Waals surface area contributed by atoms with Crippen LogP contribution in [0.5, 0.6) is 0 Å². The van der Waals surface area contributed by atoms with Crippen LogP contribution >= 0.6 is 0 Å². The minimum absolute atomic E-state index is 0.214. The van der Waals surface area contributed by atoms with E-state index in [1.807, 2.05) is 24.3 Å². The molecule has 0 unspecified atom stereocenters. The summed E-state index contributed by atoms with van der Waals surface area (Å²) in [5.74, 6) is -2.09. The van der Waals surface area contributed by atoms with E-state index in [4.69, 9.17) is 5.73 Å². The van der Waals surface area contributed by atoms with E-state index in [2.05, 4.69) is 11.4 Å². The molecule has 1 aliphatic carbocycles. The van der Waals surface area contributed by atoms with Gasteiger partial charge in [-0.3, -0.25) is 14.4 Å². The normalized spacial score (nSPS) is 18.6. The second-order valence-corrected chi connectivity index (χ2v) is 6.71. The molecule has 1 atom stereocenters. The summed E-state index contributed by atoms with van der Waals surface area (Å²) in [6.45, 7) is 0.592. The quantitative estimate of drug-likeness (QED) is 0.807. The highest BCUT2D eigenvalue weighted by Crippen LogP contribution is 2.35. The number of amides is 3. The summed E-state index contributed by atoms with van der Waals surface area (Å²) >= 11 is 0. The van der Waals surface area contributed by atoms with E-state index in [-0.39, 0.29) is 12.5 Å². The van der Waals surface area contributed by atoms with Gasteiger partial charge in [-0.1, -0.05) is 24.3 Å². The van der Waals surface area contributed by atoms with Crippen LogP contribution in [0.3, 0.4) is 0 Å². The van der Waals surface area contributed by atoms with Gasteiger partial charge in [0.25, 0.3) is 0 Å². The van der Waals surface area contributed by atoms with Gasteiger partial charge in [0.2, 0.25) is 5.91 Å². The minimum Gasteiger partial charge on any atom is -0.369 e. The molecule has 1 heterocycles. The Hall–Kier alpha value is -2.89. The van der Waals surface area contributed by atoms with E-state index in [0.29, 0.717) is 18.7 Å². The summed E-state index contributed by atoms with van der Waals surface area (Å²) < 4.78 is 0. The molecule has 128 valence electrons. The molecule has 6 heteroatoms. The zero-order valence-corrected chi connectivity index (χ0v) is 13.7. The molecule has 2 aromatic carbocycles. The highest BCUT2D eigenvalue weighted by Gasteiger charge is 2.32. The number of aryl methyl sites for hydroxylation is 2. The lowest BCUT2D eigenvalue weighted by atomic mass is 10.0. The molecule has 0 spiro atoms. The highest BCUT2D eigenvalue weighted by atomic mass is 16.2. The predicted molar refractivity (Wildman–Crippen MR) is 93.9 cm³/mol. The SMILES string of the molecule is NC(=O)[C@@H]1CCN(C(=O)C(=O)Nc2ccc3c4c(cccc24)CC3)C1. The van der Waals surface area contributed by atoms with Crippen LogP contribution in [0.2, 0.25) is 0 Å². The molecule has 1 aliphatic heterocycles. The number of benzene rings is 2. The summed E-state index contributed by atoms with van der Waals surface area (Å²) in [4.78, 5) is 37.4. The molecule has 0 radical (unpaired) electrons. The van der Waals surface area contributed by atoms with Crippen LogP contribution in [0, 0.1) is 5.92 Å². The third-order valence-electron chi connectivity index (χ3n) is 5.20. The average molecular weight is 337 g/mol. The van der Waals surface area contributed by atoms with Crippen molar-refractivity contribution in [3.8, 4) is 0 Å². The fourth-order valence-electron chi connectivity index (χ4n) is 3.85. The lowest BCUT2D eigenvalue weighted by molar-refractivity contribution is -0.142. The molecule has 0 saturated carbocycles. The molecule has 6 nitrogen and oxygen atoms in total. The largest absolute Gasteiger partial charge is 0.369 e. The van der Waals surface area contributed by atoms with Crippen LogP contribution in [0.1, 0.15) is 17.5 Å². The van der Waals surface area contributed by atoms with Crippen molar-refractivity contribution in [2.45, 2.75) is 19.3 Å². The van der Waals surface area contributed by atoms with Gasteiger partial charge in [-0.25, -0.2) is 0 Å². The van der Waals surface area contributed by atoms with Gasteiger partial charge in [-0.2, -0.15) is 0 Å². The van der Waals surface area contributed by atoms with Gasteiger partial charge in [0.05, 0.1) is 5.92 Å². The standard InChI is InChI=1S/C19H19N3O3/c20-17(23)13-8-9-22(10-13)19(25)18(24)21-15-7-6-12-5-4-11-2-1-3-14(15)16(11)12/h1-3,6-7,13H,4-5,8-10H2,(H2,20,23)(H,21,24)/t13-/m1/s1. The number of hydrogen-bond donors (Lipinski definition) is 2. The van der Waals surface area contributed by atoms with Crippen LogP contribution in [0.4, 0.5) is 5.69 Å². The predicted octanol–water partition coefficient (Wildman–Crippen LogP) is 1.21. The zero-order chi connectivity index (χ0) is 17.6. The Morgan fingerprint density at radius 3 is 2.56 bits per heavy atom. The lowest BCUT2D eigenvalue weighted by Gasteiger charge is -2.16. The fourth-order valence-corrected chi connectivity index (χ4v) is 3.85. The first-order valence-electron chi connectivity index (χ1n) is 8.47. The molecule has 1 saturated heterocycles. The molecule has 4 rings (SSSR count). The first-order valence-corrected chi connectivity index (χ1v) is 8.47. The summed E-state index contributed by atoms with van der Waals surface area (Å²) in [7, 11) is 0. The van der Waals surface area contributed by atoms with Crippen LogP contribution in [0.25, 0.3) is 10.8 Å². The number of carbonyl (C=O) groups is 3. The van der Waals surface area contributed by atoms with E-state index in [1.165, 1.54) is 21.4 Å². The van der Waals surface area contributed by atoms with Crippen LogP contribution in [-0.4, -0.2) is 35.7 Å². The maximum absolute atomic E-state index is 12.4. The van der Waals surface area contributed by atoms with Crippen molar-refractivity contribution in [3.05, 3.63) is 41.5 Å². The summed E-state index contributed by atoms with van der Waals surface area (Å²) in [5.41, 5.74) is 8.48. The van der Waals surface area contributed by atoms with E-state index in [1.54, 1.807) is 0 Å². The van der Waals surface area contributed by atoms with Crippen molar-refractivity contribution in [2.75, 3.05) is 18.4 Å². The molecule has 0 bridgehead atoms. The Balaban J connectivity index is 1.55. The van der Waals surface area contributed by atoms with Crippen LogP contribution in [-0.2, 0) is 27.2 Å². The number of carbonyl (C=O) groups excluding carboxylic acids is 3. The number of nitrogens with two attached hydrogens (primary N) is 1. The molecule has 3 amide bonds. The molecule has 3 N–H and O–H groups in total. The van der Waals surface area contributed by atoms with Crippen molar-refractivity contribution in [1.29, 1.82) is 0 Å². The number of nitrogens with one attached hydrogen (secondary N) is 1. The van der Waals surface area contributed by atoms with E-state index in [0.717, 1.165) is 18.2 Å². The van der Waals surface area contributed by atoms with E-state index < -0.39 is 17.7 Å². The molecular weight excluding hydrogens is 318 g/mol. The first-order chi connectivity index (χ1) is 12.0. The van der Waals surface area contributed by atoms with Crippen molar-refractivity contribution < 1.29 is 14.4 Å². The van der Waals surface area contributed by atoms with E-state index in [9.17, 15) is 14.4 Å². The van der Waals surface area contributed by atoms with Crippen molar-refractivity contribution in [2.24, 2.45) is 11.7 Å². The number of primary amides is 1. The van der Waals surface area contributed by atoms with Gasteiger partial charge in [0, 0.05) is 24.2 Å². The van der Waals surface area contributed by atoms with Crippen molar-refractivity contribution in [3.63, 3.8) is 0 Å². The summed E-state index contributed by atoms with van der Waals surface area (Å²) in [5, 5.41) is 4.89. The Kier molecular flexibility index (Phi) is 3.67. The van der Waals surface area contributed by atoms with Gasteiger partial charge < -0.3 is 16.0 Å². The smallest absolute Gasteiger partial charge is 0.313 e. The van der Waals surface area contributed by atoms with Gasteiger partial charge in [-0.15, -0.1) is 0 Å². The topological polar surface area (TPSA) is 92.5 Å². The summed E-state index contributed by atoms with van der Waals surface area (Å²) in [6.07, 6.45) is 2.52. The third kappa shape index (κ3) is 2.63. The molecule has 1 fully saturated rings. The van der Waals surface area contributed by atoms with Gasteiger partial charge in [0.1, 0.15) is 0 Å². The number of rotatable bonds is 2. The van der Waals surface area contributed by atoms with Crippen LogP contribution < -0.4 is 11.1 Å². The fraction of sp³-hybridized carbons (Fsp3) is 0.316. The Morgan fingerprint density at radius 2 is 1.84 bits per heavy atom. The highest BCUT2D eigenvalue weighted by molar-refractivity contribution is 6.40. The Morgan fingerprint density at radius 1 is 1.08 bits per heavy atom. The monoisotopic (exact) mass is 337 g/mol. The second kappa shape index (κ2) is 5.88. The minimum atomic E-state index is -0.677. The lowest BCUT2D eigenvalue weighted by Crippen LogP contribution is -2.39. The van der Waals surface area contributed by atoms with Crippen molar-refractivity contribution >= 4 is 34.2 Å². The molecule has 2 aliphatic rings. The second-order valence-electron chi connectivity index (χ2n) is 6.71. The Bertz CT molecular complexity index is 896. The first kappa shape index (κ1) is 15.6. The van der Waals surface area contributed by atoms with Crippen molar-refractivity contribution in [1.82, 2.24) is 4.90 Å². The Labute approximate surface area is 145 Å². The van der Waals surface area contributed by atoms with Gasteiger partial charge in [0.15, 0.2) is 0 Å². The summed E-state index contributed by atoms with van der Waals surface area (Å²) in [6, 6.07) is 9.91. The molecule has 0 aromatic heterocycles. The zero-order valence-electron chi connectivity index (χ0n) is 13.7. The maximum Gasteiger partial charge on any atom is 0.313 e. The molecule has 25 heavy (non-hydrogen) atoms. The van der Waals surface area contributed by atoms with Gasteiger partial charge in [-0.05, 0) is 41.8 Å². The number of nitrogens with zero attached hydrogens (tertiary/aromatic N) is 1. The maximum atomic E-state index is 12.4. The number of anilines is 1. The van der Waals surface area contributed by atoms with Crippen LogP contribution in [0.15, 0.2) is 30.3 Å². The average Bonchev–Trinajstić information content (AvgIpc) is 3.25. The third-order valence-corrected chi connectivity index (χ3v) is 5.20. The molecule has 2 aromatic rings. The number of hydrogen-bond acceptors (Lipinski definition) is 3. The number of likely N-dealkylation sites (tertiary alicyclic amines) is 1. The molecular formula is C19H19N3O3.